The molecule has 1 amide bonds. The van der Waals surface area contributed by atoms with Crippen molar-refractivity contribution in [3.8, 4) is 11.5 Å². The second-order valence-corrected chi connectivity index (χ2v) is 7.85. The number of rotatable bonds is 6. The van der Waals surface area contributed by atoms with Crippen LogP contribution >= 0.6 is 0 Å². The predicted octanol–water partition coefficient (Wildman–Crippen LogP) is 3.50. The van der Waals surface area contributed by atoms with Gasteiger partial charge in [0.15, 0.2) is 0 Å². The second-order valence-electron chi connectivity index (χ2n) is 7.85. The third-order valence-electron chi connectivity index (χ3n) is 5.55. The molecular weight excluding hydrogens is 397 g/mol. The van der Waals surface area contributed by atoms with Gasteiger partial charge >= 0.3 is 0 Å². The largest absolute Gasteiger partial charge is 0.419 e. The van der Waals surface area contributed by atoms with Crippen molar-refractivity contribution in [3.63, 3.8) is 0 Å². The number of carbonyl (C=O) groups excluding carboxylic acids is 1. The Kier molecular flexibility index (Phi) is 6.39. The molecule has 0 radical (unpaired) electrons. The zero-order valence-corrected chi connectivity index (χ0v) is 17.7. The van der Waals surface area contributed by atoms with E-state index in [1.54, 1.807) is 12.1 Å². The standard InChI is InChI=1S/C23H26FN5O2/c1-16-3-5-18(6-4-16)23-27-26-22(31-23)17(2)29-13-11-28(12-14-29)15-21(30)25-20-9-7-19(24)8-10-20/h3-10,17H,11-15H2,1-2H3,(H,25,30)/t17-/m0/s1. The molecule has 162 valence electrons. The van der Waals surface area contributed by atoms with Crippen molar-refractivity contribution >= 4 is 11.6 Å². The van der Waals surface area contributed by atoms with E-state index in [4.69, 9.17) is 4.42 Å². The highest BCUT2D eigenvalue weighted by molar-refractivity contribution is 5.92. The molecule has 0 bridgehead atoms. The molecular formula is C23H26FN5O2. The molecule has 1 saturated heterocycles. The lowest BCUT2D eigenvalue weighted by atomic mass is 10.1. The van der Waals surface area contributed by atoms with Gasteiger partial charge in [0, 0.05) is 37.4 Å². The van der Waals surface area contributed by atoms with E-state index in [1.807, 2.05) is 31.2 Å². The van der Waals surface area contributed by atoms with E-state index in [1.165, 1.54) is 17.7 Å². The first kappa shape index (κ1) is 21.1. The van der Waals surface area contributed by atoms with Crippen molar-refractivity contribution in [2.24, 2.45) is 0 Å². The maximum absolute atomic E-state index is 13.0. The molecule has 2 aromatic carbocycles. The number of amides is 1. The monoisotopic (exact) mass is 423 g/mol. The average Bonchev–Trinajstić information content (AvgIpc) is 3.26. The highest BCUT2D eigenvalue weighted by atomic mass is 19.1. The van der Waals surface area contributed by atoms with E-state index in [-0.39, 0.29) is 17.8 Å². The van der Waals surface area contributed by atoms with E-state index in [0.717, 1.165) is 31.7 Å². The Labute approximate surface area is 180 Å². The number of aromatic nitrogens is 2. The Morgan fingerprint density at radius 2 is 1.74 bits per heavy atom. The molecule has 1 fully saturated rings. The lowest BCUT2D eigenvalue weighted by molar-refractivity contribution is -0.117. The van der Waals surface area contributed by atoms with E-state index in [9.17, 15) is 9.18 Å². The van der Waals surface area contributed by atoms with Crippen LogP contribution in [-0.2, 0) is 4.79 Å². The molecule has 0 saturated carbocycles. The van der Waals surface area contributed by atoms with Crippen LogP contribution in [-0.4, -0.2) is 58.6 Å². The van der Waals surface area contributed by atoms with Crippen LogP contribution in [0.15, 0.2) is 52.9 Å². The summed E-state index contributed by atoms with van der Waals surface area (Å²) < 4.78 is 18.9. The molecule has 1 aliphatic heterocycles. The van der Waals surface area contributed by atoms with Gasteiger partial charge in [-0.1, -0.05) is 17.7 Å². The van der Waals surface area contributed by atoms with Crippen LogP contribution in [0, 0.1) is 12.7 Å². The van der Waals surface area contributed by atoms with E-state index in [2.05, 4.69) is 32.2 Å². The molecule has 4 rings (SSSR count). The van der Waals surface area contributed by atoms with Crippen LogP contribution in [0.3, 0.4) is 0 Å². The minimum atomic E-state index is -0.324. The highest BCUT2D eigenvalue weighted by Gasteiger charge is 2.26. The normalized spacial score (nSPS) is 16.2. The molecule has 0 unspecified atom stereocenters. The zero-order valence-electron chi connectivity index (χ0n) is 17.7. The number of hydrogen-bond acceptors (Lipinski definition) is 6. The van der Waals surface area contributed by atoms with Crippen LogP contribution in [0.2, 0.25) is 0 Å². The summed E-state index contributed by atoms with van der Waals surface area (Å²) in [5.74, 6) is 0.694. The Hall–Kier alpha value is -3.10. The third kappa shape index (κ3) is 5.34. The van der Waals surface area contributed by atoms with Gasteiger partial charge in [-0.25, -0.2) is 4.39 Å². The van der Waals surface area contributed by atoms with Crippen LogP contribution in [0.5, 0.6) is 0 Å². The first-order chi connectivity index (χ1) is 15.0. The number of hydrogen-bond donors (Lipinski definition) is 1. The Morgan fingerprint density at radius 1 is 1.06 bits per heavy atom. The summed E-state index contributed by atoms with van der Waals surface area (Å²) in [5.41, 5.74) is 2.69. The van der Waals surface area contributed by atoms with E-state index < -0.39 is 0 Å². The fourth-order valence-electron chi connectivity index (χ4n) is 3.62. The number of piperazine rings is 1. The number of anilines is 1. The van der Waals surface area contributed by atoms with Gasteiger partial charge in [0.25, 0.3) is 0 Å². The van der Waals surface area contributed by atoms with E-state index in [0.29, 0.717) is 24.0 Å². The molecule has 7 nitrogen and oxygen atoms in total. The van der Waals surface area contributed by atoms with Gasteiger partial charge in [-0.15, -0.1) is 10.2 Å². The molecule has 31 heavy (non-hydrogen) atoms. The Morgan fingerprint density at radius 3 is 2.42 bits per heavy atom. The summed E-state index contributed by atoms with van der Waals surface area (Å²) >= 11 is 0. The van der Waals surface area contributed by atoms with Crippen LogP contribution in [0.25, 0.3) is 11.5 Å². The minimum absolute atomic E-state index is 0.00175. The molecule has 8 heteroatoms. The molecule has 1 aliphatic rings. The molecule has 1 atom stereocenters. The van der Waals surface area contributed by atoms with Crippen LogP contribution in [0.4, 0.5) is 10.1 Å². The molecule has 0 aliphatic carbocycles. The fourth-order valence-corrected chi connectivity index (χ4v) is 3.62. The second kappa shape index (κ2) is 9.36. The minimum Gasteiger partial charge on any atom is -0.419 e. The van der Waals surface area contributed by atoms with Crippen molar-refractivity contribution in [2.45, 2.75) is 19.9 Å². The fraction of sp³-hybridized carbons (Fsp3) is 0.348. The first-order valence-corrected chi connectivity index (χ1v) is 10.4. The average molecular weight is 423 g/mol. The van der Waals surface area contributed by atoms with Gasteiger partial charge in [-0.3, -0.25) is 14.6 Å². The molecule has 2 heterocycles. The van der Waals surface area contributed by atoms with Crippen molar-refractivity contribution in [3.05, 3.63) is 65.8 Å². The summed E-state index contributed by atoms with van der Waals surface area (Å²) in [5, 5.41) is 11.3. The lowest BCUT2D eigenvalue weighted by Gasteiger charge is -2.36. The predicted molar refractivity (Wildman–Crippen MR) is 116 cm³/mol. The van der Waals surface area contributed by atoms with Crippen LogP contribution < -0.4 is 5.32 Å². The summed E-state index contributed by atoms with van der Waals surface area (Å²) in [6, 6.07) is 13.8. The Bertz CT molecular complexity index is 1010. The van der Waals surface area contributed by atoms with Gasteiger partial charge in [0.1, 0.15) is 5.82 Å². The first-order valence-electron chi connectivity index (χ1n) is 10.4. The maximum atomic E-state index is 13.0. The summed E-state index contributed by atoms with van der Waals surface area (Å²) in [7, 11) is 0. The number of nitrogens with zero attached hydrogens (tertiary/aromatic N) is 4. The summed E-state index contributed by atoms with van der Waals surface area (Å²) in [4.78, 5) is 16.7. The number of halogens is 1. The smallest absolute Gasteiger partial charge is 0.247 e. The van der Waals surface area contributed by atoms with E-state index >= 15 is 0 Å². The Balaban J connectivity index is 1.28. The van der Waals surface area contributed by atoms with Gasteiger partial charge in [0.2, 0.25) is 17.7 Å². The maximum Gasteiger partial charge on any atom is 0.247 e. The van der Waals surface area contributed by atoms with Crippen LogP contribution in [0.1, 0.15) is 24.4 Å². The summed E-state index contributed by atoms with van der Waals surface area (Å²) in [6.45, 7) is 7.53. The third-order valence-corrected chi connectivity index (χ3v) is 5.55. The topological polar surface area (TPSA) is 74.5 Å². The SMILES string of the molecule is Cc1ccc(-c2nnc([C@H](C)N3CCN(CC(=O)Nc4ccc(F)cc4)CC3)o2)cc1. The molecule has 0 spiro atoms. The number of aryl methyl sites for hydroxylation is 1. The van der Waals surface area contributed by atoms with Gasteiger partial charge in [0.05, 0.1) is 12.6 Å². The molecule has 1 N–H and O–H groups in total. The van der Waals surface area contributed by atoms with Gasteiger partial charge in [-0.05, 0) is 50.2 Å². The summed E-state index contributed by atoms with van der Waals surface area (Å²) in [6.07, 6.45) is 0. The number of carbonyl (C=O) groups is 1. The number of benzene rings is 2. The van der Waals surface area contributed by atoms with Gasteiger partial charge in [-0.2, -0.15) is 0 Å². The van der Waals surface area contributed by atoms with Crippen molar-refractivity contribution in [1.29, 1.82) is 0 Å². The lowest BCUT2D eigenvalue weighted by Crippen LogP contribution is -2.49. The van der Waals surface area contributed by atoms with Crippen molar-refractivity contribution in [1.82, 2.24) is 20.0 Å². The quantitative estimate of drug-likeness (QED) is 0.654. The van der Waals surface area contributed by atoms with Crippen molar-refractivity contribution < 1.29 is 13.6 Å². The molecule has 3 aromatic rings. The number of nitrogens with one attached hydrogen (secondary N) is 1. The molecule has 1 aromatic heterocycles. The van der Waals surface area contributed by atoms with Gasteiger partial charge < -0.3 is 9.73 Å². The highest BCUT2D eigenvalue weighted by Crippen LogP contribution is 2.25. The zero-order chi connectivity index (χ0) is 21.8. The van der Waals surface area contributed by atoms with Crippen molar-refractivity contribution in [2.75, 3.05) is 38.0 Å².